The van der Waals surface area contributed by atoms with Crippen molar-refractivity contribution in [2.45, 2.75) is 59.5 Å². The Hall–Kier alpha value is -2.08. The van der Waals surface area contributed by atoms with Crippen molar-refractivity contribution in [3.8, 4) is 0 Å². The van der Waals surface area contributed by atoms with Gasteiger partial charge in [0.15, 0.2) is 0 Å². The van der Waals surface area contributed by atoms with E-state index in [4.69, 9.17) is 4.74 Å². The standard InChI is InChI=1S/C19H26O6/c1-13-6-5-7-14(12-13)17(20)23-25-24-18(21)22-16-10-8-15(9-11-16)19(2,3)4/h5-7,12,15-16H,8-11H2,1-4H3. The Morgan fingerprint density at radius 1 is 1.04 bits per heavy atom. The summed E-state index contributed by atoms with van der Waals surface area (Å²) >= 11 is 0. The molecule has 0 bridgehead atoms. The molecule has 1 aromatic carbocycles. The lowest BCUT2D eigenvalue weighted by Crippen LogP contribution is -2.30. The molecular formula is C19H26O6. The van der Waals surface area contributed by atoms with Gasteiger partial charge in [-0.2, -0.15) is 0 Å². The van der Waals surface area contributed by atoms with Crippen LogP contribution in [0, 0.1) is 18.3 Å². The number of aryl methyl sites for hydroxylation is 1. The van der Waals surface area contributed by atoms with Gasteiger partial charge in [0.25, 0.3) is 0 Å². The number of ether oxygens (including phenoxy) is 1. The average Bonchev–Trinajstić information content (AvgIpc) is 2.54. The van der Waals surface area contributed by atoms with Gasteiger partial charge in [-0.25, -0.2) is 14.5 Å². The van der Waals surface area contributed by atoms with E-state index in [0.29, 0.717) is 11.5 Å². The van der Waals surface area contributed by atoms with E-state index in [1.165, 1.54) is 0 Å². The van der Waals surface area contributed by atoms with Gasteiger partial charge in [0.05, 0.1) is 10.6 Å². The first-order chi connectivity index (χ1) is 11.8. The van der Waals surface area contributed by atoms with Crippen molar-refractivity contribution in [2.75, 3.05) is 0 Å². The topological polar surface area (TPSA) is 71.1 Å². The van der Waals surface area contributed by atoms with Gasteiger partial charge < -0.3 is 4.74 Å². The maximum absolute atomic E-state index is 11.7. The summed E-state index contributed by atoms with van der Waals surface area (Å²) < 4.78 is 5.18. The van der Waals surface area contributed by atoms with Crippen molar-refractivity contribution in [1.29, 1.82) is 0 Å². The van der Waals surface area contributed by atoms with Crippen molar-refractivity contribution in [2.24, 2.45) is 11.3 Å². The van der Waals surface area contributed by atoms with Crippen LogP contribution in [0.1, 0.15) is 62.4 Å². The molecule has 1 aliphatic rings. The van der Waals surface area contributed by atoms with Gasteiger partial charge in [-0.15, -0.1) is 0 Å². The average molecular weight is 350 g/mol. The van der Waals surface area contributed by atoms with Gasteiger partial charge in [-0.1, -0.05) is 38.5 Å². The predicted octanol–water partition coefficient (Wildman–Crippen LogP) is 4.76. The van der Waals surface area contributed by atoms with E-state index in [9.17, 15) is 9.59 Å². The molecule has 6 nitrogen and oxygen atoms in total. The Bertz CT molecular complexity index is 596. The first kappa shape index (κ1) is 19.2. The summed E-state index contributed by atoms with van der Waals surface area (Å²) in [4.78, 5) is 32.1. The molecule has 0 spiro atoms. The molecule has 0 N–H and O–H groups in total. The molecule has 6 heteroatoms. The van der Waals surface area contributed by atoms with Crippen LogP contribution in [0.15, 0.2) is 24.3 Å². The third-order valence-electron chi connectivity index (χ3n) is 4.63. The maximum Gasteiger partial charge on any atom is 0.543 e. The normalized spacial score (nSPS) is 20.6. The Balaban J connectivity index is 1.67. The van der Waals surface area contributed by atoms with Crippen LogP contribution >= 0.6 is 0 Å². The fraction of sp³-hybridized carbons (Fsp3) is 0.579. The van der Waals surface area contributed by atoms with Crippen LogP contribution in [0.5, 0.6) is 0 Å². The minimum absolute atomic E-state index is 0.192. The molecule has 0 amide bonds. The summed E-state index contributed by atoms with van der Waals surface area (Å²) in [5, 5.41) is 4.24. The van der Waals surface area contributed by atoms with E-state index in [1.807, 2.05) is 13.0 Å². The lowest BCUT2D eigenvalue weighted by molar-refractivity contribution is -0.453. The first-order valence-corrected chi connectivity index (χ1v) is 8.58. The molecule has 0 heterocycles. The molecule has 25 heavy (non-hydrogen) atoms. The molecule has 0 aliphatic heterocycles. The van der Waals surface area contributed by atoms with Crippen molar-refractivity contribution in [1.82, 2.24) is 0 Å². The van der Waals surface area contributed by atoms with Crippen molar-refractivity contribution < 1.29 is 29.1 Å². The summed E-state index contributed by atoms with van der Waals surface area (Å²) in [7, 11) is 0. The number of carbonyl (C=O) groups excluding carboxylic acids is 2. The minimum Gasteiger partial charge on any atom is -0.429 e. The van der Waals surface area contributed by atoms with Crippen LogP contribution in [0.2, 0.25) is 0 Å². The Morgan fingerprint density at radius 3 is 2.32 bits per heavy atom. The van der Waals surface area contributed by atoms with Crippen LogP contribution in [0.4, 0.5) is 4.79 Å². The maximum atomic E-state index is 11.7. The highest BCUT2D eigenvalue weighted by Crippen LogP contribution is 2.38. The van der Waals surface area contributed by atoms with Gasteiger partial charge in [0.2, 0.25) is 0 Å². The predicted molar refractivity (Wildman–Crippen MR) is 90.4 cm³/mol. The summed E-state index contributed by atoms with van der Waals surface area (Å²) in [5.41, 5.74) is 1.47. The Labute approximate surface area is 148 Å². The van der Waals surface area contributed by atoms with Gasteiger partial charge in [-0.05, 0) is 56.1 Å². The van der Waals surface area contributed by atoms with Crippen LogP contribution in [0.3, 0.4) is 0 Å². The van der Waals surface area contributed by atoms with Gasteiger partial charge in [-0.3, -0.25) is 4.89 Å². The SMILES string of the molecule is Cc1cccc(C(=O)OOOC(=O)OC2CCC(C(C)(C)C)CC2)c1. The van der Waals surface area contributed by atoms with Crippen LogP contribution in [-0.4, -0.2) is 18.2 Å². The van der Waals surface area contributed by atoms with Gasteiger partial charge in [0, 0.05) is 0 Å². The second-order valence-electron chi connectivity index (χ2n) is 7.60. The van der Waals surface area contributed by atoms with Crippen LogP contribution < -0.4 is 0 Å². The van der Waals surface area contributed by atoms with Crippen molar-refractivity contribution in [3.63, 3.8) is 0 Å². The monoisotopic (exact) mass is 350 g/mol. The fourth-order valence-corrected chi connectivity index (χ4v) is 3.10. The Kier molecular flexibility index (Phi) is 6.42. The van der Waals surface area contributed by atoms with Gasteiger partial charge in [0.1, 0.15) is 6.10 Å². The van der Waals surface area contributed by atoms with E-state index in [1.54, 1.807) is 18.2 Å². The molecule has 1 aliphatic carbocycles. The van der Waals surface area contributed by atoms with Crippen molar-refractivity contribution in [3.05, 3.63) is 35.4 Å². The zero-order chi connectivity index (χ0) is 18.4. The number of rotatable bonds is 4. The quantitative estimate of drug-likeness (QED) is 0.443. The van der Waals surface area contributed by atoms with Crippen LogP contribution in [-0.2, 0) is 19.6 Å². The number of benzene rings is 1. The largest absolute Gasteiger partial charge is 0.543 e. The van der Waals surface area contributed by atoms with E-state index in [2.05, 4.69) is 35.6 Å². The third-order valence-corrected chi connectivity index (χ3v) is 4.63. The second kappa shape index (κ2) is 8.34. The second-order valence-corrected chi connectivity index (χ2v) is 7.60. The molecule has 1 aromatic rings. The van der Waals surface area contributed by atoms with E-state index in [-0.39, 0.29) is 11.5 Å². The Morgan fingerprint density at radius 2 is 1.72 bits per heavy atom. The molecule has 0 atom stereocenters. The number of hydrogen-bond acceptors (Lipinski definition) is 6. The fourth-order valence-electron chi connectivity index (χ4n) is 3.10. The lowest BCUT2D eigenvalue weighted by Gasteiger charge is -2.36. The first-order valence-electron chi connectivity index (χ1n) is 8.58. The highest BCUT2D eigenvalue weighted by Gasteiger charge is 2.31. The van der Waals surface area contributed by atoms with Crippen LogP contribution in [0.25, 0.3) is 0 Å². The van der Waals surface area contributed by atoms with E-state index in [0.717, 1.165) is 31.2 Å². The third kappa shape index (κ3) is 6.05. The summed E-state index contributed by atoms with van der Waals surface area (Å²) in [5.74, 6) is -0.128. The molecular weight excluding hydrogens is 324 g/mol. The minimum atomic E-state index is -1.00. The molecule has 0 aromatic heterocycles. The highest BCUT2D eigenvalue weighted by atomic mass is 17.5. The van der Waals surface area contributed by atoms with Gasteiger partial charge >= 0.3 is 12.1 Å². The number of carbonyl (C=O) groups is 2. The summed E-state index contributed by atoms with van der Waals surface area (Å²) in [6, 6.07) is 6.78. The molecule has 1 fully saturated rings. The molecule has 0 unspecified atom stereocenters. The van der Waals surface area contributed by atoms with Crippen molar-refractivity contribution >= 4 is 12.1 Å². The molecule has 138 valence electrons. The molecule has 1 saturated carbocycles. The number of hydrogen-bond donors (Lipinski definition) is 0. The lowest BCUT2D eigenvalue weighted by atomic mass is 9.72. The van der Waals surface area contributed by atoms with E-state index < -0.39 is 12.1 Å². The summed E-state index contributed by atoms with van der Waals surface area (Å²) in [6.45, 7) is 8.52. The molecule has 2 rings (SSSR count). The zero-order valence-electron chi connectivity index (χ0n) is 15.2. The zero-order valence-corrected chi connectivity index (χ0v) is 15.2. The molecule has 0 saturated heterocycles. The summed E-state index contributed by atoms with van der Waals surface area (Å²) in [6.07, 6.45) is 2.40. The van der Waals surface area contributed by atoms with E-state index >= 15 is 0 Å². The highest BCUT2D eigenvalue weighted by molar-refractivity contribution is 5.89. The smallest absolute Gasteiger partial charge is 0.429 e. The molecule has 0 radical (unpaired) electrons.